The minimum atomic E-state index is -4.44. The number of hydrogen-bond acceptors (Lipinski definition) is 3. The van der Waals surface area contributed by atoms with Crippen molar-refractivity contribution in [3.8, 4) is 0 Å². The molecule has 0 bridgehead atoms. The molecule has 0 aromatic heterocycles. The summed E-state index contributed by atoms with van der Waals surface area (Å²) in [6.45, 7) is 1.18. The van der Waals surface area contributed by atoms with E-state index >= 15 is 0 Å². The van der Waals surface area contributed by atoms with Crippen LogP contribution in [0, 0.1) is 0 Å². The van der Waals surface area contributed by atoms with E-state index in [9.17, 15) is 4.57 Å². The molecule has 0 fully saturated rings. The molecular weight excluding hydrogens is 154 g/mol. The molecule has 1 unspecified atom stereocenters. The van der Waals surface area contributed by atoms with Crippen molar-refractivity contribution >= 4 is 16.2 Å². The second-order valence-corrected chi connectivity index (χ2v) is 3.60. The molecule has 3 N–H and O–H groups in total. The highest BCUT2D eigenvalue weighted by Gasteiger charge is 2.16. The van der Waals surface area contributed by atoms with E-state index in [2.05, 4.69) is 4.31 Å². The first kappa shape index (κ1) is 8.50. The van der Waals surface area contributed by atoms with Gasteiger partial charge in [-0.15, -0.1) is 0 Å². The highest BCUT2D eigenvalue weighted by atomic mass is 31.3. The van der Waals surface area contributed by atoms with E-state index in [4.69, 9.17) is 14.7 Å². The van der Waals surface area contributed by atoms with Crippen molar-refractivity contribution in [3.05, 3.63) is 0 Å². The van der Waals surface area contributed by atoms with Crippen molar-refractivity contribution in [2.24, 2.45) is 0 Å². The van der Waals surface area contributed by atoms with Gasteiger partial charge in [0.05, 0.1) is 0 Å². The van der Waals surface area contributed by atoms with Gasteiger partial charge in [0.15, 0.2) is 8.38 Å². The van der Waals surface area contributed by atoms with E-state index in [1.807, 2.05) is 0 Å². The molecule has 0 aliphatic heterocycles. The summed E-state index contributed by atoms with van der Waals surface area (Å²) in [4.78, 5) is 24.1. The van der Waals surface area contributed by atoms with E-state index in [0.29, 0.717) is 0 Å². The third-order valence-electron chi connectivity index (χ3n) is 0.225. The van der Waals surface area contributed by atoms with E-state index < -0.39 is 16.2 Å². The maximum atomic E-state index is 9.77. The lowest BCUT2D eigenvalue weighted by molar-refractivity contribution is 0.283. The molecule has 7 heteroatoms. The molecule has 0 amide bonds. The molecule has 0 aliphatic rings. The first-order valence-electron chi connectivity index (χ1n) is 1.59. The number of phosphoric acid groups is 1. The number of hydrogen-bond donors (Lipinski definition) is 3. The minimum absolute atomic E-state index is 1.18. The van der Waals surface area contributed by atoms with Gasteiger partial charge >= 0.3 is 7.82 Å². The summed E-state index contributed by atoms with van der Waals surface area (Å²) < 4.78 is 13.5. The van der Waals surface area contributed by atoms with Crippen LogP contribution in [0.3, 0.4) is 0 Å². The van der Waals surface area contributed by atoms with Crippen molar-refractivity contribution in [3.63, 3.8) is 0 Å². The Bertz CT molecular complexity index is 103. The van der Waals surface area contributed by atoms with Gasteiger partial charge in [0.25, 0.3) is 0 Å². The molecule has 0 aliphatic carbocycles. The summed E-state index contributed by atoms with van der Waals surface area (Å²) in [7, 11) is -6.39. The van der Waals surface area contributed by atoms with Gasteiger partial charge in [0.2, 0.25) is 0 Å². The summed E-state index contributed by atoms with van der Waals surface area (Å²) in [6, 6.07) is 0. The molecule has 8 heavy (non-hydrogen) atoms. The van der Waals surface area contributed by atoms with Crippen LogP contribution in [0.4, 0.5) is 0 Å². The second kappa shape index (κ2) is 2.87. The van der Waals surface area contributed by atoms with Gasteiger partial charge in [-0.25, -0.2) is 8.88 Å². The smallest absolute Gasteiger partial charge is 0.350 e. The van der Waals surface area contributed by atoms with Gasteiger partial charge in [-0.1, -0.05) is 0 Å². The molecule has 0 radical (unpaired) electrons. The summed E-state index contributed by atoms with van der Waals surface area (Å²) in [5, 5.41) is 0. The molecule has 0 spiro atoms. The molecule has 0 aromatic carbocycles. The van der Waals surface area contributed by atoms with Crippen molar-refractivity contribution in [1.82, 2.24) is 0 Å². The van der Waals surface area contributed by atoms with Crippen molar-refractivity contribution in [2.45, 2.75) is 0 Å². The van der Waals surface area contributed by atoms with Gasteiger partial charge in [-0.2, -0.15) is 0 Å². The van der Waals surface area contributed by atoms with Crippen molar-refractivity contribution in [2.75, 3.05) is 6.66 Å². The Morgan fingerprint density at radius 3 is 2.00 bits per heavy atom. The predicted molar refractivity (Wildman–Crippen MR) is 28.2 cm³/mol. The second-order valence-electron chi connectivity index (χ2n) is 1.04. The molecule has 0 saturated heterocycles. The van der Waals surface area contributed by atoms with Crippen molar-refractivity contribution < 1.29 is 23.6 Å². The molecule has 0 rings (SSSR count). The Balaban J connectivity index is 3.56. The maximum absolute atomic E-state index is 9.77. The highest BCUT2D eigenvalue weighted by molar-refractivity contribution is 7.59. The largest absolute Gasteiger partial charge is 0.474 e. The van der Waals surface area contributed by atoms with E-state index in [1.54, 1.807) is 0 Å². The molecule has 0 heterocycles. The number of rotatable bonds is 2. The molecule has 5 nitrogen and oxygen atoms in total. The van der Waals surface area contributed by atoms with Crippen LogP contribution in [0.5, 0.6) is 0 Å². The van der Waals surface area contributed by atoms with Gasteiger partial charge in [0, 0.05) is 6.66 Å². The first-order chi connectivity index (χ1) is 3.42. The normalized spacial score (nSPS) is 16.0. The lowest BCUT2D eigenvalue weighted by Gasteiger charge is -2.04. The third kappa shape index (κ3) is 6.50. The van der Waals surface area contributed by atoms with Crippen LogP contribution in [0.15, 0.2) is 0 Å². The van der Waals surface area contributed by atoms with Gasteiger partial charge in [-0.05, 0) is 0 Å². The highest BCUT2D eigenvalue weighted by Crippen LogP contribution is 2.48. The lowest BCUT2D eigenvalue weighted by atomic mass is 12.0. The fraction of sp³-hybridized carbons (Fsp3) is 1.00. The predicted octanol–water partition coefficient (Wildman–Crippen LogP) is 0.0297. The van der Waals surface area contributed by atoms with Gasteiger partial charge < -0.3 is 14.7 Å². The molecule has 0 saturated carbocycles. The topological polar surface area (TPSA) is 87.0 Å². The van der Waals surface area contributed by atoms with E-state index in [1.165, 1.54) is 6.66 Å². The zero-order valence-corrected chi connectivity index (χ0v) is 5.84. The zero-order chi connectivity index (χ0) is 6.78. The Morgan fingerprint density at radius 2 is 2.00 bits per heavy atom. The average Bonchev–Trinajstić information content (AvgIpc) is 1.21. The van der Waals surface area contributed by atoms with E-state index in [-0.39, 0.29) is 0 Å². The van der Waals surface area contributed by atoms with Crippen LogP contribution in [0.25, 0.3) is 0 Å². The summed E-state index contributed by atoms with van der Waals surface area (Å²) in [5.74, 6) is 0. The zero-order valence-electron chi connectivity index (χ0n) is 4.05. The Labute approximate surface area is 47.5 Å². The fourth-order valence-electron chi connectivity index (χ4n) is 0.154. The lowest BCUT2D eigenvalue weighted by Crippen LogP contribution is -1.79. The first-order valence-corrected chi connectivity index (χ1v) is 4.78. The van der Waals surface area contributed by atoms with Crippen LogP contribution in [-0.2, 0) is 8.88 Å². The van der Waals surface area contributed by atoms with Crippen LogP contribution >= 0.6 is 16.2 Å². The Hall–Kier alpha value is 0.500. The SMILES string of the molecule is CP(O)OP(=O)(O)O. The standard InChI is InChI=1S/CH6O5P2/c1-7(2)6-8(3,4)5/h2H,1H3,(H2,3,4,5). The molecular formula is CH6O5P2. The quantitative estimate of drug-likeness (QED) is 0.496. The van der Waals surface area contributed by atoms with Gasteiger partial charge in [0.1, 0.15) is 0 Å². The Kier molecular flexibility index (Phi) is 3.05. The monoisotopic (exact) mass is 160 g/mol. The summed E-state index contributed by atoms with van der Waals surface area (Å²) in [5.41, 5.74) is 0. The minimum Gasteiger partial charge on any atom is -0.350 e. The molecule has 0 aromatic rings. The van der Waals surface area contributed by atoms with Crippen LogP contribution < -0.4 is 0 Å². The van der Waals surface area contributed by atoms with Crippen LogP contribution in [-0.4, -0.2) is 21.3 Å². The van der Waals surface area contributed by atoms with E-state index in [0.717, 1.165) is 0 Å². The summed E-state index contributed by atoms with van der Waals surface area (Å²) >= 11 is 0. The molecule has 1 atom stereocenters. The van der Waals surface area contributed by atoms with Crippen molar-refractivity contribution in [1.29, 1.82) is 0 Å². The molecule has 50 valence electrons. The third-order valence-corrected chi connectivity index (χ3v) is 2.02. The van der Waals surface area contributed by atoms with Crippen LogP contribution in [0.1, 0.15) is 0 Å². The average molecular weight is 160 g/mol. The fourth-order valence-corrected chi connectivity index (χ4v) is 1.39. The Morgan fingerprint density at radius 1 is 1.62 bits per heavy atom. The van der Waals surface area contributed by atoms with Crippen LogP contribution in [0.2, 0.25) is 0 Å². The van der Waals surface area contributed by atoms with Gasteiger partial charge in [-0.3, -0.25) is 0 Å². The summed E-state index contributed by atoms with van der Waals surface area (Å²) in [6.07, 6.45) is 0. The maximum Gasteiger partial charge on any atom is 0.474 e.